The molecule has 0 aliphatic rings. The van der Waals surface area contributed by atoms with Crippen LogP contribution < -0.4 is 14.8 Å². The number of carbonyl (C=O) groups excluding carboxylic acids is 2. The van der Waals surface area contributed by atoms with E-state index in [1.807, 2.05) is 122 Å². The standard InChI is InChI=1S/C45H37NO4/c1-33-17-28-43(46-38-15-9-4-10-16-38)42(27-30-45(48)37-20-24-40(25-21-37)50-32-35-13-7-3-8-14-35)41(33)26-29-44(47)36-18-22-39(23-19-36)49-31-34-11-5-2-6-12-34/h2-30,46H,31-32H2,1H3/b29-26+,30-27+. The summed E-state index contributed by atoms with van der Waals surface area (Å²) in [4.78, 5) is 26.6. The number of ether oxygens (including phenoxy) is 2. The summed E-state index contributed by atoms with van der Waals surface area (Å²) in [5.74, 6) is 1.10. The number of aryl methyl sites for hydroxylation is 1. The first-order chi connectivity index (χ1) is 24.5. The van der Waals surface area contributed by atoms with E-state index in [1.165, 1.54) is 0 Å². The third-order valence-corrected chi connectivity index (χ3v) is 8.14. The van der Waals surface area contributed by atoms with E-state index in [0.717, 1.165) is 39.2 Å². The Kier molecular flexibility index (Phi) is 11.1. The molecular weight excluding hydrogens is 618 g/mol. The number of allylic oxidation sites excluding steroid dienone is 2. The van der Waals surface area contributed by atoms with Gasteiger partial charge in [0.05, 0.1) is 0 Å². The number of nitrogens with one attached hydrogen (secondary N) is 1. The molecule has 0 heterocycles. The number of para-hydroxylation sites is 1. The molecule has 0 amide bonds. The lowest BCUT2D eigenvalue weighted by Gasteiger charge is -2.15. The van der Waals surface area contributed by atoms with Gasteiger partial charge in [-0.1, -0.05) is 91.0 Å². The molecule has 6 aromatic carbocycles. The monoisotopic (exact) mass is 655 g/mol. The van der Waals surface area contributed by atoms with Gasteiger partial charge in [0.15, 0.2) is 11.6 Å². The molecule has 0 saturated carbocycles. The molecule has 1 N–H and O–H groups in total. The lowest BCUT2D eigenvalue weighted by molar-refractivity contribution is 0.103. The molecule has 5 heteroatoms. The fourth-order valence-electron chi connectivity index (χ4n) is 5.36. The van der Waals surface area contributed by atoms with Crippen LogP contribution in [0.15, 0.2) is 164 Å². The van der Waals surface area contributed by atoms with Crippen LogP contribution in [0.5, 0.6) is 11.5 Å². The topological polar surface area (TPSA) is 64.6 Å². The Bertz CT molecular complexity index is 2090. The van der Waals surface area contributed by atoms with Gasteiger partial charge in [-0.15, -0.1) is 0 Å². The van der Waals surface area contributed by atoms with E-state index in [-0.39, 0.29) is 11.6 Å². The first-order valence-electron chi connectivity index (χ1n) is 16.5. The minimum absolute atomic E-state index is 0.138. The van der Waals surface area contributed by atoms with Gasteiger partial charge in [-0.2, -0.15) is 0 Å². The maximum absolute atomic E-state index is 13.3. The van der Waals surface area contributed by atoms with E-state index in [2.05, 4.69) is 5.32 Å². The Morgan fingerprint density at radius 2 is 0.960 bits per heavy atom. The number of carbonyl (C=O) groups is 2. The van der Waals surface area contributed by atoms with Crippen LogP contribution in [0.25, 0.3) is 12.2 Å². The first kappa shape index (κ1) is 33.4. The van der Waals surface area contributed by atoms with Crippen molar-refractivity contribution in [2.45, 2.75) is 20.1 Å². The van der Waals surface area contributed by atoms with Crippen LogP contribution in [0.3, 0.4) is 0 Å². The van der Waals surface area contributed by atoms with Gasteiger partial charge in [0, 0.05) is 28.1 Å². The molecule has 0 fully saturated rings. The number of ketones is 2. The summed E-state index contributed by atoms with van der Waals surface area (Å²) in [6, 6.07) is 48.0. The van der Waals surface area contributed by atoms with Gasteiger partial charge < -0.3 is 14.8 Å². The van der Waals surface area contributed by atoms with E-state index in [9.17, 15) is 9.59 Å². The van der Waals surface area contributed by atoms with Crippen molar-refractivity contribution in [2.75, 3.05) is 5.32 Å². The Labute approximate surface area is 293 Å². The maximum Gasteiger partial charge on any atom is 0.185 e. The van der Waals surface area contributed by atoms with Gasteiger partial charge in [0.25, 0.3) is 0 Å². The molecule has 0 radical (unpaired) electrons. The van der Waals surface area contributed by atoms with Gasteiger partial charge in [0.1, 0.15) is 24.7 Å². The summed E-state index contributed by atoms with van der Waals surface area (Å²) in [7, 11) is 0. The molecule has 0 aromatic heterocycles. The summed E-state index contributed by atoms with van der Waals surface area (Å²) in [5.41, 5.74) is 7.53. The van der Waals surface area contributed by atoms with Gasteiger partial charge in [-0.3, -0.25) is 9.59 Å². The number of hydrogen-bond acceptors (Lipinski definition) is 5. The van der Waals surface area contributed by atoms with Crippen LogP contribution in [0.1, 0.15) is 48.5 Å². The molecule has 0 saturated heterocycles. The average Bonchev–Trinajstić information content (AvgIpc) is 3.17. The second-order valence-electron chi connectivity index (χ2n) is 11.7. The molecule has 5 nitrogen and oxygen atoms in total. The van der Waals surface area contributed by atoms with Crippen molar-refractivity contribution in [3.8, 4) is 11.5 Å². The number of rotatable bonds is 14. The fourth-order valence-corrected chi connectivity index (χ4v) is 5.36. The van der Waals surface area contributed by atoms with E-state index >= 15 is 0 Å². The van der Waals surface area contributed by atoms with Crippen molar-refractivity contribution in [1.82, 2.24) is 0 Å². The fraction of sp³-hybridized carbons (Fsp3) is 0.0667. The van der Waals surface area contributed by atoms with Gasteiger partial charge in [0.2, 0.25) is 0 Å². The lowest BCUT2D eigenvalue weighted by atomic mass is 9.97. The second-order valence-corrected chi connectivity index (χ2v) is 11.7. The Hall–Kier alpha value is -6.46. The highest BCUT2D eigenvalue weighted by Crippen LogP contribution is 2.30. The van der Waals surface area contributed by atoms with Crippen molar-refractivity contribution in [3.63, 3.8) is 0 Å². The van der Waals surface area contributed by atoms with Crippen LogP contribution in [-0.4, -0.2) is 11.6 Å². The Balaban J connectivity index is 1.20. The van der Waals surface area contributed by atoms with Crippen LogP contribution in [0.2, 0.25) is 0 Å². The predicted octanol–water partition coefficient (Wildman–Crippen LogP) is 10.7. The van der Waals surface area contributed by atoms with E-state index in [1.54, 1.807) is 60.7 Å². The third kappa shape index (κ3) is 9.12. The highest BCUT2D eigenvalue weighted by atomic mass is 16.5. The zero-order chi connectivity index (χ0) is 34.5. The number of benzene rings is 6. The van der Waals surface area contributed by atoms with Crippen LogP contribution in [0, 0.1) is 6.92 Å². The highest BCUT2D eigenvalue weighted by molar-refractivity contribution is 6.09. The van der Waals surface area contributed by atoms with E-state index in [0.29, 0.717) is 35.8 Å². The number of hydrogen-bond donors (Lipinski definition) is 1. The van der Waals surface area contributed by atoms with Crippen LogP contribution in [0.4, 0.5) is 11.4 Å². The Morgan fingerprint density at radius 3 is 1.44 bits per heavy atom. The summed E-state index contributed by atoms with van der Waals surface area (Å²) in [6.07, 6.45) is 6.76. The normalized spacial score (nSPS) is 11.1. The maximum atomic E-state index is 13.3. The third-order valence-electron chi connectivity index (χ3n) is 8.14. The van der Waals surface area contributed by atoms with Gasteiger partial charge in [-0.05, 0) is 114 Å². The minimum atomic E-state index is -0.146. The SMILES string of the molecule is Cc1ccc(Nc2ccccc2)c(/C=C/C(=O)c2ccc(OCc3ccccc3)cc2)c1/C=C/C(=O)c1ccc(OCc2ccccc2)cc1. The summed E-state index contributed by atoms with van der Waals surface area (Å²) >= 11 is 0. The smallest absolute Gasteiger partial charge is 0.185 e. The summed E-state index contributed by atoms with van der Waals surface area (Å²) < 4.78 is 11.8. The summed E-state index contributed by atoms with van der Waals surface area (Å²) in [6.45, 7) is 2.89. The largest absolute Gasteiger partial charge is 0.489 e. The molecule has 0 spiro atoms. The van der Waals surface area contributed by atoms with Crippen LogP contribution in [-0.2, 0) is 13.2 Å². The van der Waals surface area contributed by atoms with Crippen molar-refractivity contribution in [2.24, 2.45) is 0 Å². The number of anilines is 2. The minimum Gasteiger partial charge on any atom is -0.489 e. The average molecular weight is 656 g/mol. The zero-order valence-corrected chi connectivity index (χ0v) is 27.8. The molecule has 6 aromatic rings. The molecule has 0 aliphatic heterocycles. The molecule has 0 atom stereocenters. The van der Waals surface area contributed by atoms with Gasteiger partial charge >= 0.3 is 0 Å². The molecular formula is C45H37NO4. The molecule has 0 aliphatic carbocycles. The van der Waals surface area contributed by atoms with E-state index in [4.69, 9.17) is 9.47 Å². The van der Waals surface area contributed by atoms with Gasteiger partial charge in [-0.25, -0.2) is 0 Å². The van der Waals surface area contributed by atoms with Crippen molar-refractivity contribution < 1.29 is 19.1 Å². The lowest BCUT2D eigenvalue weighted by Crippen LogP contribution is -2.00. The second kappa shape index (κ2) is 16.6. The highest BCUT2D eigenvalue weighted by Gasteiger charge is 2.11. The van der Waals surface area contributed by atoms with Crippen molar-refractivity contribution in [1.29, 1.82) is 0 Å². The molecule has 246 valence electrons. The zero-order valence-electron chi connectivity index (χ0n) is 27.8. The summed E-state index contributed by atoms with van der Waals surface area (Å²) in [5, 5.41) is 3.48. The molecule has 0 unspecified atom stereocenters. The van der Waals surface area contributed by atoms with Crippen molar-refractivity contribution in [3.05, 3.63) is 203 Å². The molecule has 0 bridgehead atoms. The molecule has 6 rings (SSSR count). The Morgan fingerprint density at radius 1 is 0.520 bits per heavy atom. The van der Waals surface area contributed by atoms with E-state index < -0.39 is 0 Å². The van der Waals surface area contributed by atoms with Crippen LogP contribution >= 0.6 is 0 Å². The quantitative estimate of drug-likeness (QED) is 0.0934. The first-order valence-corrected chi connectivity index (χ1v) is 16.5. The predicted molar refractivity (Wildman–Crippen MR) is 202 cm³/mol. The van der Waals surface area contributed by atoms with Crippen molar-refractivity contribution >= 4 is 35.1 Å². The molecule has 50 heavy (non-hydrogen) atoms.